The van der Waals surface area contributed by atoms with Gasteiger partial charge in [-0.3, -0.25) is 0 Å². The van der Waals surface area contributed by atoms with E-state index in [0.717, 1.165) is 0 Å². The molecule has 0 aliphatic heterocycles. The van der Waals surface area contributed by atoms with Crippen LogP contribution in [0.4, 0.5) is 4.79 Å². The number of fused-ring (bicyclic) bond motifs is 1. The van der Waals surface area contributed by atoms with Crippen LogP contribution < -0.4 is 5.32 Å². The molecule has 0 radical (unpaired) electrons. The van der Waals surface area contributed by atoms with Crippen molar-refractivity contribution in [3.05, 3.63) is 23.2 Å². The van der Waals surface area contributed by atoms with Gasteiger partial charge < -0.3 is 20.1 Å². The topological polar surface area (TPSA) is 117 Å². The minimum atomic E-state index is -1.18. The molecule has 8 nitrogen and oxygen atoms in total. The van der Waals surface area contributed by atoms with Crippen LogP contribution in [0.25, 0.3) is 11.0 Å². The van der Waals surface area contributed by atoms with E-state index < -0.39 is 23.7 Å². The fourth-order valence-electron chi connectivity index (χ4n) is 2.02. The van der Waals surface area contributed by atoms with E-state index in [9.17, 15) is 14.7 Å². The van der Waals surface area contributed by atoms with E-state index in [1.807, 2.05) is 0 Å². The maximum atomic E-state index is 11.8. The number of carbonyl (C=O) groups is 2. The van der Waals surface area contributed by atoms with Gasteiger partial charge in [0.15, 0.2) is 0 Å². The number of rotatable bonds is 4. The Hall–Kier alpha value is -2.35. The number of H-pyrrole nitrogens is 1. The Labute approximate surface area is 137 Å². The van der Waals surface area contributed by atoms with E-state index in [2.05, 4.69) is 20.3 Å². The predicted octanol–water partition coefficient (Wildman–Crippen LogP) is 2.13. The molecule has 2 aromatic rings. The molecule has 0 aliphatic carbocycles. The smallest absolute Gasteiger partial charge is 0.408 e. The highest BCUT2D eigenvalue weighted by Crippen LogP contribution is 2.24. The molecule has 0 saturated heterocycles. The first kappa shape index (κ1) is 17.0. The molecule has 9 heteroatoms. The summed E-state index contributed by atoms with van der Waals surface area (Å²) in [5.74, 6) is -1.18. The Morgan fingerprint density at radius 2 is 2.13 bits per heavy atom. The summed E-state index contributed by atoms with van der Waals surface area (Å²) in [5, 5.41) is 12.4. The minimum absolute atomic E-state index is 0.0155. The maximum absolute atomic E-state index is 11.8. The highest BCUT2D eigenvalue weighted by atomic mass is 35.5. The molecular weight excluding hydrogens is 324 g/mol. The first-order valence-electron chi connectivity index (χ1n) is 6.86. The third-order valence-corrected chi connectivity index (χ3v) is 3.20. The number of hydrogen-bond acceptors (Lipinski definition) is 5. The summed E-state index contributed by atoms with van der Waals surface area (Å²) < 4.78 is 5.08. The molecule has 0 aliphatic rings. The van der Waals surface area contributed by atoms with Gasteiger partial charge in [-0.1, -0.05) is 11.6 Å². The second-order valence-corrected chi connectivity index (χ2v) is 6.30. The molecule has 124 valence electrons. The van der Waals surface area contributed by atoms with E-state index in [0.29, 0.717) is 16.6 Å². The van der Waals surface area contributed by atoms with Crippen LogP contribution in [-0.4, -0.2) is 43.8 Å². The lowest BCUT2D eigenvalue weighted by Crippen LogP contribution is -2.44. The van der Waals surface area contributed by atoms with Crippen molar-refractivity contribution in [3.63, 3.8) is 0 Å². The number of ether oxygens (including phenoxy) is 1. The average Bonchev–Trinajstić information content (AvgIpc) is 2.80. The lowest BCUT2D eigenvalue weighted by atomic mass is 10.1. The molecule has 0 fully saturated rings. The molecule has 1 atom stereocenters. The van der Waals surface area contributed by atoms with Gasteiger partial charge in [0.1, 0.15) is 28.8 Å². The van der Waals surface area contributed by atoms with Crippen LogP contribution in [0.1, 0.15) is 26.3 Å². The fourth-order valence-corrected chi connectivity index (χ4v) is 2.27. The zero-order valence-electron chi connectivity index (χ0n) is 12.9. The SMILES string of the molecule is CC(C)(C)OC(=O)NC(Cc1c[nH]c2ncnc(Cl)c12)C(=O)O. The number of nitrogens with one attached hydrogen (secondary N) is 2. The van der Waals surface area contributed by atoms with E-state index in [1.165, 1.54) is 6.33 Å². The van der Waals surface area contributed by atoms with Crippen molar-refractivity contribution < 1.29 is 19.4 Å². The second-order valence-electron chi connectivity index (χ2n) is 5.94. The highest BCUT2D eigenvalue weighted by Gasteiger charge is 2.25. The number of alkyl carbamates (subject to hydrolysis) is 1. The molecule has 0 bridgehead atoms. The maximum Gasteiger partial charge on any atom is 0.408 e. The highest BCUT2D eigenvalue weighted by molar-refractivity contribution is 6.34. The first-order valence-corrected chi connectivity index (χ1v) is 7.24. The van der Waals surface area contributed by atoms with Crippen LogP contribution >= 0.6 is 11.6 Å². The Morgan fingerprint density at radius 3 is 2.74 bits per heavy atom. The quantitative estimate of drug-likeness (QED) is 0.734. The summed E-state index contributed by atoms with van der Waals surface area (Å²) in [7, 11) is 0. The molecule has 0 spiro atoms. The molecule has 0 saturated carbocycles. The van der Waals surface area contributed by atoms with Crippen LogP contribution in [0.2, 0.25) is 5.15 Å². The Kier molecular flexibility index (Phi) is 4.74. The van der Waals surface area contributed by atoms with Gasteiger partial charge in [-0.25, -0.2) is 19.6 Å². The van der Waals surface area contributed by atoms with E-state index >= 15 is 0 Å². The van der Waals surface area contributed by atoms with Gasteiger partial charge in [-0.05, 0) is 26.3 Å². The number of nitrogens with zero attached hydrogens (tertiary/aromatic N) is 2. The summed E-state index contributed by atoms with van der Waals surface area (Å²) >= 11 is 6.03. The predicted molar refractivity (Wildman–Crippen MR) is 83.4 cm³/mol. The molecular formula is C14H17ClN4O4. The molecule has 2 aromatic heterocycles. The lowest BCUT2D eigenvalue weighted by molar-refractivity contribution is -0.139. The van der Waals surface area contributed by atoms with Gasteiger partial charge >= 0.3 is 12.1 Å². The molecule has 2 heterocycles. The summed E-state index contributed by atoms with van der Waals surface area (Å²) in [6.45, 7) is 5.08. The lowest BCUT2D eigenvalue weighted by Gasteiger charge is -2.21. The van der Waals surface area contributed by atoms with Gasteiger partial charge in [0.25, 0.3) is 0 Å². The van der Waals surface area contributed by atoms with Crippen LogP contribution in [0.5, 0.6) is 0 Å². The molecule has 23 heavy (non-hydrogen) atoms. The van der Waals surface area contributed by atoms with Crippen molar-refractivity contribution >= 4 is 34.7 Å². The van der Waals surface area contributed by atoms with E-state index in [-0.39, 0.29) is 11.6 Å². The van der Waals surface area contributed by atoms with Gasteiger partial charge in [0.05, 0.1) is 5.39 Å². The van der Waals surface area contributed by atoms with E-state index in [1.54, 1.807) is 27.0 Å². The average molecular weight is 341 g/mol. The second kappa shape index (κ2) is 6.41. The Morgan fingerprint density at radius 1 is 1.43 bits per heavy atom. The van der Waals surface area contributed by atoms with Crippen molar-refractivity contribution in [2.24, 2.45) is 0 Å². The number of halogens is 1. The normalized spacial score (nSPS) is 12.9. The van der Waals surface area contributed by atoms with Crippen LogP contribution in [-0.2, 0) is 16.0 Å². The third-order valence-electron chi connectivity index (χ3n) is 2.92. The van der Waals surface area contributed by atoms with Gasteiger partial charge in [-0.15, -0.1) is 0 Å². The van der Waals surface area contributed by atoms with Crippen molar-refractivity contribution in [3.8, 4) is 0 Å². The summed E-state index contributed by atoms with van der Waals surface area (Å²) in [6, 6.07) is -1.17. The molecule has 0 aromatic carbocycles. The van der Waals surface area contributed by atoms with Crippen molar-refractivity contribution in [2.75, 3.05) is 0 Å². The van der Waals surface area contributed by atoms with Crippen LogP contribution in [0.15, 0.2) is 12.5 Å². The number of carbonyl (C=O) groups excluding carboxylic acids is 1. The Bertz CT molecular complexity index is 738. The third kappa shape index (κ3) is 4.32. The zero-order chi connectivity index (χ0) is 17.2. The summed E-state index contributed by atoms with van der Waals surface area (Å²) in [4.78, 5) is 34.0. The molecule has 1 unspecified atom stereocenters. The van der Waals surface area contributed by atoms with Gasteiger partial charge in [0, 0.05) is 12.6 Å². The molecule has 3 N–H and O–H groups in total. The molecule has 2 rings (SSSR count). The minimum Gasteiger partial charge on any atom is -0.480 e. The Balaban J connectivity index is 2.19. The number of carboxylic acid groups (broad SMARTS) is 1. The number of aromatic amines is 1. The van der Waals surface area contributed by atoms with Gasteiger partial charge in [-0.2, -0.15) is 0 Å². The first-order chi connectivity index (χ1) is 10.7. The largest absolute Gasteiger partial charge is 0.480 e. The van der Waals surface area contributed by atoms with Crippen LogP contribution in [0.3, 0.4) is 0 Å². The van der Waals surface area contributed by atoms with Crippen molar-refractivity contribution in [1.29, 1.82) is 0 Å². The number of aliphatic carboxylic acids is 1. The van der Waals surface area contributed by atoms with Gasteiger partial charge in [0.2, 0.25) is 0 Å². The van der Waals surface area contributed by atoms with Crippen LogP contribution in [0, 0.1) is 0 Å². The number of carboxylic acids is 1. The van der Waals surface area contributed by atoms with Crippen molar-refractivity contribution in [2.45, 2.75) is 38.8 Å². The number of aromatic nitrogens is 3. The zero-order valence-corrected chi connectivity index (χ0v) is 13.6. The number of hydrogen-bond donors (Lipinski definition) is 3. The summed E-state index contributed by atoms with van der Waals surface area (Å²) in [6.07, 6.45) is 2.12. The number of amides is 1. The monoisotopic (exact) mass is 340 g/mol. The standard InChI is InChI=1S/C14H17ClN4O4/c1-14(2,3)23-13(22)19-8(12(20)21)4-7-5-16-11-9(7)10(15)17-6-18-11/h5-6,8H,4H2,1-3H3,(H,19,22)(H,20,21)(H,16,17,18). The molecule has 1 amide bonds. The fraction of sp³-hybridized carbons (Fsp3) is 0.429. The van der Waals surface area contributed by atoms with Crippen molar-refractivity contribution in [1.82, 2.24) is 20.3 Å². The van der Waals surface area contributed by atoms with E-state index in [4.69, 9.17) is 16.3 Å². The summed E-state index contributed by atoms with van der Waals surface area (Å²) in [5.41, 5.74) is 0.376.